The molecule has 35 heavy (non-hydrogen) atoms. The number of rotatable bonds is 4. The molecular formula is C26H27N5O4. The van der Waals surface area contributed by atoms with E-state index >= 15 is 0 Å². The van der Waals surface area contributed by atoms with Crippen LogP contribution in [0.2, 0.25) is 0 Å². The number of nitrogens with one attached hydrogen (secondary N) is 1. The second-order valence-corrected chi connectivity index (χ2v) is 9.01. The predicted molar refractivity (Wildman–Crippen MR) is 131 cm³/mol. The second kappa shape index (κ2) is 9.68. The topological polar surface area (TPSA) is 116 Å². The van der Waals surface area contributed by atoms with Gasteiger partial charge in [0.15, 0.2) is 6.17 Å². The quantitative estimate of drug-likeness (QED) is 0.664. The van der Waals surface area contributed by atoms with Crippen molar-refractivity contribution in [3.05, 3.63) is 59.2 Å². The summed E-state index contributed by atoms with van der Waals surface area (Å²) in [6.45, 7) is 5.14. The van der Waals surface area contributed by atoms with Gasteiger partial charge >= 0.3 is 0 Å². The fourth-order valence-corrected chi connectivity index (χ4v) is 3.67. The first-order valence-corrected chi connectivity index (χ1v) is 11.2. The molecule has 0 spiro atoms. The molecule has 2 amide bonds. The van der Waals surface area contributed by atoms with E-state index in [1.54, 1.807) is 39.1 Å². The average Bonchev–Trinajstić information content (AvgIpc) is 3.25. The number of aliphatic imine (C=N–C) groups is 1. The van der Waals surface area contributed by atoms with Crippen molar-refractivity contribution >= 4 is 23.3 Å². The Kier molecular flexibility index (Phi) is 6.67. The Bertz CT molecular complexity index is 1280. The molecule has 2 aliphatic heterocycles. The molecule has 2 aliphatic rings. The third kappa shape index (κ3) is 5.73. The van der Waals surface area contributed by atoms with Crippen molar-refractivity contribution in [1.82, 2.24) is 5.32 Å². The van der Waals surface area contributed by atoms with Crippen molar-refractivity contribution in [2.75, 3.05) is 18.6 Å². The summed E-state index contributed by atoms with van der Waals surface area (Å²) in [5.74, 6) is 5.13. The lowest BCUT2D eigenvalue weighted by molar-refractivity contribution is -0.124. The lowest BCUT2D eigenvalue weighted by atomic mass is 10.1. The zero-order valence-corrected chi connectivity index (χ0v) is 20.1. The summed E-state index contributed by atoms with van der Waals surface area (Å²) in [6, 6.07) is 12.1. The van der Waals surface area contributed by atoms with Crippen LogP contribution >= 0.6 is 0 Å². The molecular weight excluding hydrogens is 446 g/mol. The van der Waals surface area contributed by atoms with E-state index in [0.29, 0.717) is 23.4 Å². The zero-order chi connectivity index (χ0) is 25.2. The number of hydrogen-bond acceptors (Lipinski definition) is 7. The van der Waals surface area contributed by atoms with Gasteiger partial charge in [0.1, 0.15) is 24.0 Å². The monoisotopic (exact) mass is 473 g/mol. The van der Waals surface area contributed by atoms with Gasteiger partial charge < -0.3 is 20.1 Å². The molecule has 9 heteroatoms. The van der Waals surface area contributed by atoms with Gasteiger partial charge in [0.05, 0.1) is 5.69 Å². The van der Waals surface area contributed by atoms with Crippen LogP contribution in [0.3, 0.4) is 0 Å². The third-order valence-corrected chi connectivity index (χ3v) is 5.60. The maximum atomic E-state index is 13.1. The average molecular weight is 474 g/mol. The van der Waals surface area contributed by atoms with Crippen LogP contribution in [0.1, 0.15) is 30.5 Å². The van der Waals surface area contributed by atoms with Gasteiger partial charge in [-0.1, -0.05) is 36.1 Å². The minimum absolute atomic E-state index is 0.0479. The van der Waals surface area contributed by atoms with E-state index in [1.165, 1.54) is 4.90 Å². The first-order chi connectivity index (χ1) is 16.6. The molecule has 2 N–H and O–H groups in total. The predicted octanol–water partition coefficient (Wildman–Crippen LogP) is 2.39. The number of nitrogens with zero attached hydrogens (tertiary/aromatic N) is 4. The molecule has 2 aromatic rings. The summed E-state index contributed by atoms with van der Waals surface area (Å²) in [5, 5.41) is 20.5. The first-order valence-electron chi connectivity index (χ1n) is 11.2. The minimum Gasteiger partial charge on any atom is -0.489 e. The van der Waals surface area contributed by atoms with E-state index < -0.39 is 23.7 Å². The second-order valence-electron chi connectivity index (χ2n) is 9.01. The fraction of sp³-hybridized carbons (Fsp3) is 0.346. The van der Waals surface area contributed by atoms with Gasteiger partial charge in [-0.15, -0.1) is 5.11 Å². The van der Waals surface area contributed by atoms with Crippen molar-refractivity contribution in [1.29, 1.82) is 0 Å². The molecule has 0 saturated carbocycles. The van der Waals surface area contributed by atoms with E-state index in [2.05, 4.69) is 32.4 Å². The van der Waals surface area contributed by atoms with Crippen LogP contribution in [0.5, 0.6) is 5.75 Å². The van der Waals surface area contributed by atoms with Crippen molar-refractivity contribution in [3.8, 4) is 17.6 Å². The number of aliphatic hydroxyl groups is 1. The van der Waals surface area contributed by atoms with Crippen LogP contribution in [-0.4, -0.2) is 54.2 Å². The molecule has 0 bridgehead atoms. The summed E-state index contributed by atoms with van der Waals surface area (Å²) in [6.07, 6.45) is 0.0584. The molecule has 1 unspecified atom stereocenters. The lowest BCUT2D eigenvalue weighted by Gasteiger charge is -2.20. The van der Waals surface area contributed by atoms with Gasteiger partial charge in [-0.3, -0.25) is 9.59 Å². The Hall–Kier alpha value is -4.03. The number of aryl methyl sites for hydroxylation is 1. The minimum atomic E-state index is -1.14. The lowest BCUT2D eigenvalue weighted by Crippen LogP contribution is -2.50. The van der Waals surface area contributed by atoms with Crippen LogP contribution in [0, 0.1) is 18.8 Å². The normalized spacial score (nSPS) is 19.2. The molecule has 9 nitrogen and oxygen atoms in total. The largest absolute Gasteiger partial charge is 0.489 e. The molecule has 4 rings (SSSR count). The van der Waals surface area contributed by atoms with E-state index in [1.807, 2.05) is 31.2 Å². The number of anilines is 1. The van der Waals surface area contributed by atoms with Crippen LogP contribution in [-0.2, 0) is 16.0 Å². The molecule has 0 saturated heterocycles. The number of ether oxygens (including phenoxy) is 1. The number of likely N-dealkylation sites (N-methyl/N-ethyl adjacent to an activating group) is 1. The highest BCUT2D eigenvalue weighted by molar-refractivity contribution is 6.38. The van der Waals surface area contributed by atoms with Crippen LogP contribution in [0.4, 0.5) is 5.69 Å². The Morgan fingerprint density at radius 1 is 1.29 bits per heavy atom. The third-order valence-electron chi connectivity index (χ3n) is 5.60. The number of amides is 2. The number of azo groups is 1. The SMILES string of the molecule is Cc1ccccc1CC1N=NC(C(=O)N[C@@H]2COc3ccc(C#CC(C)(C)O)cc3N(C)C2=O)=N1. The van der Waals surface area contributed by atoms with Gasteiger partial charge in [-0.05, 0) is 50.1 Å². The van der Waals surface area contributed by atoms with Crippen LogP contribution < -0.4 is 15.0 Å². The van der Waals surface area contributed by atoms with Crippen LogP contribution in [0.25, 0.3) is 0 Å². The van der Waals surface area contributed by atoms with E-state index in [-0.39, 0.29) is 18.3 Å². The number of carbonyl (C=O) groups excluding carboxylic acids is 2. The molecule has 0 aliphatic carbocycles. The van der Waals surface area contributed by atoms with Crippen molar-refractivity contribution in [2.45, 2.75) is 45.0 Å². The molecule has 2 heterocycles. The standard InChI is InChI=1S/C26H27N5O4/c1-16-7-5-6-8-18(16)14-22-28-23(30-29-22)24(32)27-19-15-35-21-10-9-17(11-12-26(2,3)34)13-20(21)31(4)25(19)33/h5-10,13,19,22,34H,14-15H2,1-4H3,(H,27,32)/t19-,22?/m1/s1. The smallest absolute Gasteiger partial charge is 0.291 e. The maximum absolute atomic E-state index is 13.1. The van der Waals surface area contributed by atoms with E-state index in [9.17, 15) is 14.7 Å². The van der Waals surface area contributed by atoms with Crippen molar-refractivity contribution in [2.24, 2.45) is 15.2 Å². The Balaban J connectivity index is 1.44. The summed E-state index contributed by atoms with van der Waals surface area (Å²) >= 11 is 0. The highest BCUT2D eigenvalue weighted by Gasteiger charge is 2.32. The Morgan fingerprint density at radius 3 is 2.80 bits per heavy atom. The summed E-state index contributed by atoms with van der Waals surface area (Å²) in [7, 11) is 1.60. The molecule has 0 fully saturated rings. The number of carbonyl (C=O) groups is 2. The molecule has 2 atom stereocenters. The van der Waals surface area contributed by atoms with Crippen molar-refractivity contribution < 1.29 is 19.4 Å². The van der Waals surface area contributed by atoms with Gasteiger partial charge in [0, 0.05) is 19.0 Å². The van der Waals surface area contributed by atoms with Gasteiger partial charge in [-0.2, -0.15) is 5.11 Å². The van der Waals surface area contributed by atoms with E-state index in [4.69, 9.17) is 4.74 Å². The van der Waals surface area contributed by atoms with Crippen molar-refractivity contribution in [3.63, 3.8) is 0 Å². The van der Waals surface area contributed by atoms with E-state index in [0.717, 1.165) is 11.1 Å². The highest BCUT2D eigenvalue weighted by Crippen LogP contribution is 2.31. The Labute approximate surface area is 203 Å². The summed E-state index contributed by atoms with van der Waals surface area (Å²) < 4.78 is 5.81. The molecule has 2 aromatic carbocycles. The zero-order valence-electron chi connectivity index (χ0n) is 20.1. The maximum Gasteiger partial charge on any atom is 0.291 e. The number of amidine groups is 1. The fourth-order valence-electron chi connectivity index (χ4n) is 3.67. The van der Waals surface area contributed by atoms with Gasteiger partial charge in [0.2, 0.25) is 5.84 Å². The number of hydrogen-bond donors (Lipinski definition) is 2. The summed E-state index contributed by atoms with van der Waals surface area (Å²) in [5.41, 5.74) is 2.20. The first kappa shape index (κ1) is 24.1. The number of fused-ring (bicyclic) bond motifs is 1. The molecule has 180 valence electrons. The van der Waals surface area contributed by atoms with Crippen LogP contribution in [0.15, 0.2) is 57.7 Å². The molecule has 0 radical (unpaired) electrons. The molecule has 0 aromatic heterocycles. The number of benzene rings is 2. The van der Waals surface area contributed by atoms with Gasteiger partial charge in [0.25, 0.3) is 11.8 Å². The summed E-state index contributed by atoms with van der Waals surface area (Å²) in [4.78, 5) is 31.6. The Morgan fingerprint density at radius 2 is 2.06 bits per heavy atom. The van der Waals surface area contributed by atoms with Gasteiger partial charge in [-0.25, -0.2) is 4.99 Å². The highest BCUT2D eigenvalue weighted by atomic mass is 16.5.